The van der Waals surface area contributed by atoms with Gasteiger partial charge in [0.15, 0.2) is 0 Å². The van der Waals surface area contributed by atoms with Gasteiger partial charge in [-0.1, -0.05) is 42.5 Å². The molecule has 6 heteroatoms. The van der Waals surface area contributed by atoms with E-state index in [1.165, 1.54) is 19.1 Å². The monoisotopic (exact) mass is 335 g/mol. The molecule has 128 valence electrons. The summed E-state index contributed by atoms with van der Waals surface area (Å²) in [5.74, 6) is -4.89. The third kappa shape index (κ3) is 4.29. The first-order valence-electron chi connectivity index (χ1n) is 7.52. The Balaban J connectivity index is 2.01. The number of hydrogen-bond donors (Lipinski definition) is 1. The molecule has 0 aliphatic heterocycles. The fourth-order valence-electron chi connectivity index (χ4n) is 2.08. The normalized spacial score (nSPS) is 12.5. The number of rotatable bonds is 7. The van der Waals surface area contributed by atoms with Gasteiger partial charge in [-0.25, -0.2) is 4.79 Å². The third-order valence-electron chi connectivity index (χ3n) is 3.43. The van der Waals surface area contributed by atoms with E-state index in [0.29, 0.717) is 12.4 Å². The predicted molar refractivity (Wildman–Crippen MR) is 85.7 cm³/mol. The maximum Gasteiger partial charge on any atom is 0.379 e. The molecule has 0 heterocycles. The van der Waals surface area contributed by atoms with E-state index in [4.69, 9.17) is 10.5 Å². The molecule has 2 N–H and O–H groups in total. The van der Waals surface area contributed by atoms with Gasteiger partial charge in [0, 0.05) is 0 Å². The van der Waals surface area contributed by atoms with Crippen molar-refractivity contribution >= 4 is 5.97 Å². The topological polar surface area (TPSA) is 61.5 Å². The van der Waals surface area contributed by atoms with Crippen molar-refractivity contribution in [3.63, 3.8) is 0 Å². The summed E-state index contributed by atoms with van der Waals surface area (Å²) < 4.78 is 37.8. The summed E-state index contributed by atoms with van der Waals surface area (Å²) in [5, 5.41) is 0. The van der Waals surface area contributed by atoms with Gasteiger partial charge < -0.3 is 15.2 Å². The minimum absolute atomic E-state index is 0.125. The van der Waals surface area contributed by atoms with Gasteiger partial charge in [0.1, 0.15) is 18.4 Å². The van der Waals surface area contributed by atoms with Crippen LogP contribution in [0.2, 0.25) is 0 Å². The number of alkyl halides is 2. The first-order valence-corrected chi connectivity index (χ1v) is 7.52. The summed E-state index contributed by atoms with van der Waals surface area (Å²) >= 11 is 0. The predicted octanol–water partition coefficient (Wildman–Crippen LogP) is 3.46. The molecule has 0 fully saturated rings. The van der Waals surface area contributed by atoms with Crippen molar-refractivity contribution in [2.75, 3.05) is 6.61 Å². The highest BCUT2D eigenvalue weighted by atomic mass is 19.3. The van der Waals surface area contributed by atoms with Crippen molar-refractivity contribution in [1.82, 2.24) is 0 Å². The molecule has 2 rings (SSSR count). The number of nitrogens with two attached hydrogens (primary N) is 1. The Morgan fingerprint density at radius 1 is 1.12 bits per heavy atom. The zero-order valence-corrected chi connectivity index (χ0v) is 13.2. The van der Waals surface area contributed by atoms with Gasteiger partial charge in [-0.2, -0.15) is 8.78 Å². The Labute approximate surface area is 139 Å². The summed E-state index contributed by atoms with van der Waals surface area (Å²) in [6.45, 7) is 1.69. The van der Waals surface area contributed by atoms with Crippen molar-refractivity contribution in [3.05, 3.63) is 65.7 Å². The summed E-state index contributed by atoms with van der Waals surface area (Å²) in [7, 11) is 0. The molecule has 0 aliphatic carbocycles. The van der Waals surface area contributed by atoms with Crippen LogP contribution in [-0.2, 0) is 16.1 Å². The standard InChI is InChI=1S/C18H19F2NO3/c1-2-23-17(22)18(19,20)16(21)14-8-10-15(11-9-14)24-12-13-6-4-3-5-7-13/h3-11,16H,2,12,21H2,1H3/t16-/m0/s1. The molecular weight excluding hydrogens is 316 g/mol. The first-order chi connectivity index (χ1) is 11.4. The molecule has 0 radical (unpaired) electrons. The number of ether oxygens (including phenoxy) is 2. The van der Waals surface area contributed by atoms with Crippen molar-refractivity contribution in [3.8, 4) is 5.75 Å². The lowest BCUT2D eigenvalue weighted by Crippen LogP contribution is -2.41. The molecule has 0 saturated carbocycles. The van der Waals surface area contributed by atoms with Crippen LogP contribution in [0.4, 0.5) is 8.78 Å². The van der Waals surface area contributed by atoms with Crippen LogP contribution in [0, 0.1) is 0 Å². The van der Waals surface area contributed by atoms with E-state index in [0.717, 1.165) is 5.56 Å². The molecule has 2 aromatic rings. The molecular formula is C18H19F2NO3. The van der Waals surface area contributed by atoms with E-state index >= 15 is 0 Å². The molecule has 0 bridgehead atoms. The lowest BCUT2D eigenvalue weighted by Gasteiger charge is -2.22. The number of benzene rings is 2. The van der Waals surface area contributed by atoms with Crippen LogP contribution in [0.5, 0.6) is 5.75 Å². The molecule has 2 aromatic carbocycles. The minimum Gasteiger partial charge on any atom is -0.489 e. The Hall–Kier alpha value is -2.47. The first kappa shape index (κ1) is 17.9. The number of carbonyl (C=O) groups is 1. The smallest absolute Gasteiger partial charge is 0.379 e. The Morgan fingerprint density at radius 3 is 2.33 bits per heavy atom. The van der Waals surface area contributed by atoms with E-state index in [-0.39, 0.29) is 12.2 Å². The second kappa shape index (κ2) is 7.88. The highest BCUT2D eigenvalue weighted by molar-refractivity contribution is 5.78. The maximum atomic E-state index is 13.9. The molecule has 0 unspecified atom stereocenters. The SMILES string of the molecule is CCOC(=O)C(F)(F)[C@@H](N)c1ccc(OCc2ccccc2)cc1. The fraction of sp³-hybridized carbons (Fsp3) is 0.278. The molecule has 24 heavy (non-hydrogen) atoms. The largest absolute Gasteiger partial charge is 0.489 e. The molecule has 1 atom stereocenters. The number of carbonyl (C=O) groups excluding carboxylic acids is 1. The van der Waals surface area contributed by atoms with E-state index in [1.807, 2.05) is 30.3 Å². The van der Waals surface area contributed by atoms with E-state index < -0.39 is 17.9 Å². The van der Waals surface area contributed by atoms with Crippen molar-refractivity contribution < 1.29 is 23.0 Å². The van der Waals surface area contributed by atoms with Crippen molar-refractivity contribution in [2.24, 2.45) is 5.73 Å². The average Bonchev–Trinajstić information content (AvgIpc) is 2.61. The lowest BCUT2D eigenvalue weighted by atomic mass is 10.0. The van der Waals surface area contributed by atoms with Crippen LogP contribution in [0.3, 0.4) is 0 Å². The van der Waals surface area contributed by atoms with E-state index in [2.05, 4.69) is 4.74 Å². The summed E-state index contributed by atoms with van der Waals surface area (Å²) in [6, 6.07) is 13.7. The van der Waals surface area contributed by atoms with Gasteiger partial charge in [0.2, 0.25) is 0 Å². The number of halogens is 2. The van der Waals surface area contributed by atoms with Gasteiger partial charge in [0.05, 0.1) is 6.61 Å². The van der Waals surface area contributed by atoms with Crippen LogP contribution < -0.4 is 10.5 Å². The average molecular weight is 335 g/mol. The van der Waals surface area contributed by atoms with E-state index in [1.54, 1.807) is 12.1 Å². The van der Waals surface area contributed by atoms with Gasteiger partial charge in [-0.15, -0.1) is 0 Å². The van der Waals surface area contributed by atoms with Crippen LogP contribution in [-0.4, -0.2) is 18.5 Å². The van der Waals surface area contributed by atoms with Crippen LogP contribution in [0.1, 0.15) is 24.1 Å². The van der Waals surface area contributed by atoms with Crippen LogP contribution >= 0.6 is 0 Å². The molecule has 0 amide bonds. The second-order valence-corrected chi connectivity index (χ2v) is 5.16. The Bertz CT molecular complexity index is 660. The zero-order chi connectivity index (χ0) is 17.6. The molecule has 0 aliphatic rings. The van der Waals surface area contributed by atoms with Crippen molar-refractivity contribution in [1.29, 1.82) is 0 Å². The number of hydrogen-bond acceptors (Lipinski definition) is 4. The molecule has 0 aromatic heterocycles. The minimum atomic E-state index is -3.79. The Kier molecular flexibility index (Phi) is 5.87. The van der Waals surface area contributed by atoms with E-state index in [9.17, 15) is 13.6 Å². The van der Waals surface area contributed by atoms with Gasteiger partial charge in [0.25, 0.3) is 0 Å². The highest BCUT2D eigenvalue weighted by Gasteiger charge is 2.47. The third-order valence-corrected chi connectivity index (χ3v) is 3.43. The van der Waals surface area contributed by atoms with Crippen LogP contribution in [0.15, 0.2) is 54.6 Å². The van der Waals surface area contributed by atoms with Gasteiger partial charge in [-0.05, 0) is 30.2 Å². The maximum absolute atomic E-state index is 13.9. The van der Waals surface area contributed by atoms with Gasteiger partial charge in [-0.3, -0.25) is 0 Å². The summed E-state index contributed by atoms with van der Waals surface area (Å²) in [4.78, 5) is 11.3. The highest BCUT2D eigenvalue weighted by Crippen LogP contribution is 2.31. The second-order valence-electron chi connectivity index (χ2n) is 5.16. The lowest BCUT2D eigenvalue weighted by molar-refractivity contribution is -0.174. The Morgan fingerprint density at radius 2 is 1.75 bits per heavy atom. The van der Waals surface area contributed by atoms with Crippen LogP contribution in [0.25, 0.3) is 0 Å². The number of esters is 1. The fourth-order valence-corrected chi connectivity index (χ4v) is 2.08. The van der Waals surface area contributed by atoms with Gasteiger partial charge >= 0.3 is 11.9 Å². The van der Waals surface area contributed by atoms with Crippen molar-refractivity contribution in [2.45, 2.75) is 25.5 Å². The zero-order valence-electron chi connectivity index (χ0n) is 13.2. The summed E-state index contributed by atoms with van der Waals surface area (Å²) in [5.41, 5.74) is 6.65. The quantitative estimate of drug-likeness (QED) is 0.787. The summed E-state index contributed by atoms with van der Waals surface area (Å²) in [6.07, 6.45) is 0. The molecule has 4 nitrogen and oxygen atoms in total. The molecule has 0 saturated heterocycles. The molecule has 0 spiro atoms.